The Kier molecular flexibility index (Phi) is 1.65. The van der Waals surface area contributed by atoms with Crippen molar-refractivity contribution in [3.8, 4) is 0 Å². The molecule has 0 atom stereocenters. The molecule has 2 heterocycles. The molecule has 0 spiro atoms. The van der Waals surface area contributed by atoms with Gasteiger partial charge in [-0.25, -0.2) is 4.98 Å². The van der Waals surface area contributed by atoms with Crippen molar-refractivity contribution in [2.75, 3.05) is 0 Å². The van der Waals surface area contributed by atoms with Gasteiger partial charge in [-0.2, -0.15) is 5.10 Å². The zero-order valence-corrected chi connectivity index (χ0v) is 8.44. The molecule has 0 aliphatic carbocycles. The molecule has 0 radical (unpaired) electrons. The molecule has 12 heavy (non-hydrogen) atoms. The van der Waals surface area contributed by atoms with Crippen molar-refractivity contribution in [2.45, 2.75) is 13.8 Å². The Morgan fingerprint density at radius 1 is 1.42 bits per heavy atom. The summed E-state index contributed by atoms with van der Waals surface area (Å²) in [6.07, 6.45) is 0. The Hall–Kier alpha value is -0.900. The number of aryl methyl sites for hydroxylation is 2. The lowest BCUT2D eigenvalue weighted by Gasteiger charge is -1.95. The standard InChI is InChI=1S/C8H8BrN3/c1-4-6-3-7(9)5(2)10-8(6)12-11-4/h3H,1-2H3,(H,10,11,12). The van der Waals surface area contributed by atoms with Crippen LogP contribution in [0.15, 0.2) is 10.5 Å². The van der Waals surface area contributed by atoms with E-state index in [0.717, 1.165) is 26.9 Å². The Morgan fingerprint density at radius 2 is 2.17 bits per heavy atom. The Bertz CT molecular complexity index is 433. The van der Waals surface area contributed by atoms with Crippen molar-refractivity contribution in [3.05, 3.63) is 21.9 Å². The normalized spacial score (nSPS) is 10.9. The van der Waals surface area contributed by atoms with Gasteiger partial charge in [-0.15, -0.1) is 0 Å². The first-order valence-corrected chi connectivity index (χ1v) is 4.45. The first-order chi connectivity index (χ1) is 5.68. The molecule has 0 bridgehead atoms. The summed E-state index contributed by atoms with van der Waals surface area (Å²) in [4.78, 5) is 4.31. The Balaban J connectivity index is 2.87. The van der Waals surface area contributed by atoms with E-state index in [-0.39, 0.29) is 0 Å². The van der Waals surface area contributed by atoms with E-state index in [1.807, 2.05) is 19.9 Å². The second-order valence-corrected chi connectivity index (χ2v) is 3.63. The quantitative estimate of drug-likeness (QED) is 0.748. The summed E-state index contributed by atoms with van der Waals surface area (Å²) in [5.41, 5.74) is 2.81. The molecule has 0 amide bonds. The summed E-state index contributed by atoms with van der Waals surface area (Å²) in [5, 5.41) is 8.04. The molecule has 0 aliphatic heterocycles. The van der Waals surface area contributed by atoms with Crippen LogP contribution in [0.2, 0.25) is 0 Å². The summed E-state index contributed by atoms with van der Waals surface area (Å²) in [6.45, 7) is 3.94. The maximum atomic E-state index is 4.31. The molecule has 2 rings (SSSR count). The van der Waals surface area contributed by atoms with Crippen LogP contribution in [0.25, 0.3) is 11.0 Å². The highest BCUT2D eigenvalue weighted by molar-refractivity contribution is 9.10. The largest absolute Gasteiger partial charge is 0.280 e. The third kappa shape index (κ3) is 1.03. The molecular formula is C8H8BrN3. The lowest BCUT2D eigenvalue weighted by Crippen LogP contribution is -1.83. The summed E-state index contributed by atoms with van der Waals surface area (Å²) in [5.74, 6) is 0. The molecule has 1 N–H and O–H groups in total. The Labute approximate surface area is 78.3 Å². The third-order valence-corrected chi connectivity index (χ3v) is 2.67. The molecule has 0 saturated heterocycles. The first-order valence-electron chi connectivity index (χ1n) is 3.66. The predicted octanol–water partition coefficient (Wildman–Crippen LogP) is 2.34. The van der Waals surface area contributed by atoms with E-state index in [2.05, 4.69) is 31.1 Å². The zero-order valence-electron chi connectivity index (χ0n) is 6.85. The molecule has 4 heteroatoms. The van der Waals surface area contributed by atoms with Gasteiger partial charge in [-0.3, -0.25) is 5.10 Å². The number of halogens is 1. The van der Waals surface area contributed by atoms with E-state index >= 15 is 0 Å². The van der Waals surface area contributed by atoms with Gasteiger partial charge in [-0.1, -0.05) is 0 Å². The SMILES string of the molecule is Cc1nc2n[nH]c(C)c2cc1Br. The number of hydrogen-bond donors (Lipinski definition) is 1. The van der Waals surface area contributed by atoms with Gasteiger partial charge in [0.1, 0.15) is 0 Å². The molecule has 0 aromatic carbocycles. The number of hydrogen-bond acceptors (Lipinski definition) is 2. The molecule has 3 nitrogen and oxygen atoms in total. The Morgan fingerprint density at radius 3 is 2.92 bits per heavy atom. The number of H-pyrrole nitrogens is 1. The first kappa shape index (κ1) is 7.73. The minimum atomic E-state index is 0.785. The second kappa shape index (κ2) is 2.55. The average molecular weight is 226 g/mol. The number of aromatic amines is 1. The number of pyridine rings is 1. The molecule has 0 fully saturated rings. The van der Waals surface area contributed by atoms with E-state index in [0.29, 0.717) is 0 Å². The molecule has 2 aromatic heterocycles. The molecule has 0 unspecified atom stereocenters. The van der Waals surface area contributed by atoms with Crippen LogP contribution >= 0.6 is 15.9 Å². The van der Waals surface area contributed by atoms with Gasteiger partial charge in [0.05, 0.1) is 5.69 Å². The van der Waals surface area contributed by atoms with Crippen LogP contribution in [-0.4, -0.2) is 15.2 Å². The van der Waals surface area contributed by atoms with Crippen molar-refractivity contribution in [3.63, 3.8) is 0 Å². The lowest BCUT2D eigenvalue weighted by atomic mass is 10.2. The number of aromatic nitrogens is 3. The van der Waals surface area contributed by atoms with Gasteiger partial charge < -0.3 is 0 Å². The maximum absolute atomic E-state index is 4.31. The molecular weight excluding hydrogens is 218 g/mol. The lowest BCUT2D eigenvalue weighted by molar-refractivity contribution is 1.05. The minimum absolute atomic E-state index is 0.785. The topological polar surface area (TPSA) is 41.6 Å². The fourth-order valence-corrected chi connectivity index (χ4v) is 1.44. The summed E-state index contributed by atoms with van der Waals surface area (Å²) >= 11 is 3.43. The van der Waals surface area contributed by atoms with Gasteiger partial charge in [0.15, 0.2) is 5.65 Å². The summed E-state index contributed by atoms with van der Waals surface area (Å²) in [6, 6.07) is 2.04. The van der Waals surface area contributed by atoms with Crippen LogP contribution in [0.3, 0.4) is 0 Å². The van der Waals surface area contributed by atoms with E-state index < -0.39 is 0 Å². The van der Waals surface area contributed by atoms with E-state index in [4.69, 9.17) is 0 Å². The van der Waals surface area contributed by atoms with Crippen molar-refractivity contribution < 1.29 is 0 Å². The highest BCUT2D eigenvalue weighted by Crippen LogP contribution is 2.21. The van der Waals surface area contributed by atoms with Gasteiger partial charge in [0.25, 0.3) is 0 Å². The van der Waals surface area contributed by atoms with Gasteiger partial charge in [0.2, 0.25) is 0 Å². The maximum Gasteiger partial charge on any atom is 0.181 e. The van der Waals surface area contributed by atoms with Crippen LogP contribution < -0.4 is 0 Å². The van der Waals surface area contributed by atoms with Crippen molar-refractivity contribution >= 4 is 27.0 Å². The predicted molar refractivity (Wildman–Crippen MR) is 51.1 cm³/mol. The van der Waals surface area contributed by atoms with Crippen molar-refractivity contribution in [2.24, 2.45) is 0 Å². The number of rotatable bonds is 0. The van der Waals surface area contributed by atoms with Crippen molar-refractivity contribution in [1.29, 1.82) is 0 Å². The van der Waals surface area contributed by atoms with Crippen LogP contribution in [0.4, 0.5) is 0 Å². The highest BCUT2D eigenvalue weighted by atomic mass is 79.9. The summed E-state index contributed by atoms with van der Waals surface area (Å²) < 4.78 is 1.03. The van der Waals surface area contributed by atoms with E-state index in [1.165, 1.54) is 0 Å². The smallest absolute Gasteiger partial charge is 0.181 e. The average Bonchev–Trinajstić information content (AvgIpc) is 2.35. The van der Waals surface area contributed by atoms with Crippen LogP contribution in [0, 0.1) is 13.8 Å². The summed E-state index contributed by atoms with van der Waals surface area (Å²) in [7, 11) is 0. The third-order valence-electron chi connectivity index (χ3n) is 1.86. The van der Waals surface area contributed by atoms with Crippen molar-refractivity contribution in [1.82, 2.24) is 15.2 Å². The van der Waals surface area contributed by atoms with Gasteiger partial charge in [-0.05, 0) is 35.8 Å². The van der Waals surface area contributed by atoms with Gasteiger partial charge >= 0.3 is 0 Å². The number of fused-ring (bicyclic) bond motifs is 1. The monoisotopic (exact) mass is 225 g/mol. The molecule has 62 valence electrons. The highest BCUT2D eigenvalue weighted by Gasteiger charge is 2.04. The number of nitrogens with zero attached hydrogens (tertiary/aromatic N) is 2. The van der Waals surface area contributed by atoms with Crippen LogP contribution in [0.1, 0.15) is 11.4 Å². The fourth-order valence-electron chi connectivity index (χ4n) is 1.13. The van der Waals surface area contributed by atoms with E-state index in [1.54, 1.807) is 0 Å². The second-order valence-electron chi connectivity index (χ2n) is 2.78. The molecule has 0 aliphatic rings. The number of nitrogens with one attached hydrogen (secondary N) is 1. The zero-order chi connectivity index (χ0) is 8.72. The molecule has 2 aromatic rings. The van der Waals surface area contributed by atoms with E-state index in [9.17, 15) is 0 Å². The molecule has 0 saturated carbocycles. The minimum Gasteiger partial charge on any atom is -0.280 e. The van der Waals surface area contributed by atoms with Crippen LogP contribution in [-0.2, 0) is 0 Å². The van der Waals surface area contributed by atoms with Gasteiger partial charge in [0, 0.05) is 15.6 Å². The fraction of sp³-hybridized carbons (Fsp3) is 0.250. The van der Waals surface area contributed by atoms with Crippen LogP contribution in [0.5, 0.6) is 0 Å².